The van der Waals surface area contributed by atoms with Crippen molar-refractivity contribution in [2.24, 2.45) is 5.73 Å². The van der Waals surface area contributed by atoms with Crippen LogP contribution in [-0.4, -0.2) is 50.8 Å². The Labute approximate surface area is 202 Å². The van der Waals surface area contributed by atoms with Gasteiger partial charge in [0.15, 0.2) is 0 Å². The molecule has 1 atom stereocenters. The van der Waals surface area contributed by atoms with E-state index < -0.39 is 28.0 Å². The van der Waals surface area contributed by atoms with Crippen LogP contribution in [0.5, 0.6) is 0 Å². The second-order valence-corrected chi connectivity index (χ2v) is 9.93. The monoisotopic (exact) mass is 497 g/mol. The first kappa shape index (κ1) is 24.4. The van der Waals surface area contributed by atoms with Gasteiger partial charge in [0.2, 0.25) is 16.1 Å². The summed E-state index contributed by atoms with van der Waals surface area (Å²) >= 11 is 0. The van der Waals surface area contributed by atoms with Crippen LogP contribution in [0.2, 0.25) is 0 Å². The molecule has 0 radical (unpaired) electrons. The highest BCUT2D eigenvalue weighted by molar-refractivity contribution is 7.89. The predicted molar refractivity (Wildman–Crippen MR) is 128 cm³/mol. The molecule has 1 saturated heterocycles. The number of nitrogens with two attached hydrogens (primary N) is 1. The van der Waals surface area contributed by atoms with E-state index in [2.05, 4.69) is 0 Å². The number of esters is 1. The van der Waals surface area contributed by atoms with E-state index in [4.69, 9.17) is 10.5 Å². The van der Waals surface area contributed by atoms with Gasteiger partial charge in [0, 0.05) is 37.4 Å². The van der Waals surface area contributed by atoms with Crippen LogP contribution in [0.15, 0.2) is 83.8 Å². The smallest absolute Gasteiger partial charge is 0.339 e. The molecule has 182 valence electrons. The Bertz CT molecular complexity index is 1310. The number of carbonyl (C=O) groups is 2. The summed E-state index contributed by atoms with van der Waals surface area (Å²) in [4.78, 5) is 26.5. The number of hydrogen-bond donors (Lipinski definition) is 1. The molecule has 0 unspecified atom stereocenters. The van der Waals surface area contributed by atoms with Crippen LogP contribution in [0.3, 0.4) is 0 Å². The Hall–Kier alpha value is -3.76. The zero-order chi connectivity index (χ0) is 25.0. The van der Waals surface area contributed by atoms with E-state index in [1.54, 1.807) is 42.5 Å². The van der Waals surface area contributed by atoms with Gasteiger partial charge in [-0.1, -0.05) is 36.4 Å². The molecule has 0 saturated carbocycles. The fraction of sp³-hybridized carbons (Fsp3) is 0.200. The highest BCUT2D eigenvalue weighted by Gasteiger charge is 2.30. The maximum atomic E-state index is 13.2. The molecule has 2 N–H and O–H groups in total. The van der Waals surface area contributed by atoms with Gasteiger partial charge in [-0.25, -0.2) is 17.6 Å². The van der Waals surface area contributed by atoms with Crippen LogP contribution in [0.1, 0.15) is 22.0 Å². The lowest BCUT2D eigenvalue weighted by molar-refractivity contribution is -0.127. The number of carbonyl (C=O) groups excluding carboxylic acids is 2. The second kappa shape index (κ2) is 10.2. The number of nitrogens with zero attached hydrogens (tertiary/aromatic N) is 2. The summed E-state index contributed by atoms with van der Waals surface area (Å²) in [5, 5.41) is 0. The SMILES string of the molecule is NC(=O)[C@H](OC(=O)c1cccc(S(=O)(=O)N2CCN(c3ccc(F)cc3)CC2)c1)c1ccccc1. The summed E-state index contributed by atoms with van der Waals surface area (Å²) in [6.45, 7) is 1.33. The average molecular weight is 498 g/mol. The van der Waals surface area contributed by atoms with E-state index in [0.29, 0.717) is 18.7 Å². The van der Waals surface area contributed by atoms with Crippen molar-refractivity contribution in [3.8, 4) is 0 Å². The van der Waals surface area contributed by atoms with E-state index in [-0.39, 0.29) is 29.4 Å². The van der Waals surface area contributed by atoms with Gasteiger partial charge in [-0.05, 0) is 42.5 Å². The number of primary amides is 1. The van der Waals surface area contributed by atoms with Gasteiger partial charge >= 0.3 is 5.97 Å². The van der Waals surface area contributed by atoms with Crippen LogP contribution < -0.4 is 10.6 Å². The fourth-order valence-electron chi connectivity index (χ4n) is 3.86. The Morgan fingerprint density at radius 3 is 2.17 bits per heavy atom. The Kier molecular flexibility index (Phi) is 7.13. The highest BCUT2D eigenvalue weighted by Crippen LogP contribution is 2.24. The van der Waals surface area contributed by atoms with E-state index in [1.807, 2.05) is 4.90 Å². The molecule has 1 fully saturated rings. The molecule has 3 aromatic carbocycles. The number of amides is 1. The van der Waals surface area contributed by atoms with Crippen molar-refractivity contribution in [2.75, 3.05) is 31.1 Å². The minimum atomic E-state index is -3.88. The van der Waals surface area contributed by atoms with Gasteiger partial charge in [0.05, 0.1) is 10.5 Å². The van der Waals surface area contributed by atoms with Gasteiger partial charge < -0.3 is 15.4 Å². The summed E-state index contributed by atoms with van der Waals surface area (Å²) in [7, 11) is -3.88. The molecule has 3 aromatic rings. The molecule has 8 nitrogen and oxygen atoms in total. The van der Waals surface area contributed by atoms with Crippen molar-refractivity contribution in [3.05, 3.63) is 95.8 Å². The minimum absolute atomic E-state index is 0.0156. The first-order valence-corrected chi connectivity index (χ1v) is 12.4. The highest BCUT2D eigenvalue weighted by atomic mass is 32.2. The largest absolute Gasteiger partial charge is 0.444 e. The molecule has 0 aromatic heterocycles. The average Bonchev–Trinajstić information content (AvgIpc) is 2.88. The molecule has 0 spiro atoms. The van der Waals surface area contributed by atoms with E-state index in [1.165, 1.54) is 40.7 Å². The van der Waals surface area contributed by atoms with Gasteiger partial charge in [-0.15, -0.1) is 0 Å². The molecule has 1 heterocycles. The van der Waals surface area contributed by atoms with Crippen LogP contribution in [0, 0.1) is 5.82 Å². The molecule has 0 bridgehead atoms. The van der Waals surface area contributed by atoms with Crippen molar-refractivity contribution in [1.82, 2.24) is 4.31 Å². The molecule has 1 aliphatic heterocycles. The molecule has 1 aliphatic rings. The summed E-state index contributed by atoms with van der Waals surface area (Å²) in [6.07, 6.45) is -1.30. The number of hydrogen-bond acceptors (Lipinski definition) is 6. The van der Waals surface area contributed by atoms with Crippen molar-refractivity contribution >= 4 is 27.6 Å². The third-order valence-corrected chi connectivity index (χ3v) is 7.62. The van der Waals surface area contributed by atoms with Crippen LogP contribution >= 0.6 is 0 Å². The van der Waals surface area contributed by atoms with E-state index in [9.17, 15) is 22.4 Å². The van der Waals surface area contributed by atoms with Crippen molar-refractivity contribution in [1.29, 1.82) is 0 Å². The topological polar surface area (TPSA) is 110 Å². The fourth-order valence-corrected chi connectivity index (χ4v) is 5.33. The lowest BCUT2D eigenvalue weighted by Crippen LogP contribution is -2.48. The number of piperazine rings is 1. The van der Waals surface area contributed by atoms with Crippen LogP contribution in [-0.2, 0) is 19.6 Å². The van der Waals surface area contributed by atoms with Gasteiger partial charge in [-0.3, -0.25) is 4.79 Å². The third-order valence-electron chi connectivity index (χ3n) is 5.72. The Balaban J connectivity index is 1.47. The minimum Gasteiger partial charge on any atom is -0.444 e. The van der Waals surface area contributed by atoms with Crippen molar-refractivity contribution in [2.45, 2.75) is 11.0 Å². The van der Waals surface area contributed by atoms with E-state index >= 15 is 0 Å². The maximum Gasteiger partial charge on any atom is 0.339 e. The number of sulfonamides is 1. The molecular weight excluding hydrogens is 473 g/mol. The van der Waals surface area contributed by atoms with Crippen molar-refractivity contribution in [3.63, 3.8) is 0 Å². The van der Waals surface area contributed by atoms with Crippen LogP contribution in [0.25, 0.3) is 0 Å². The lowest BCUT2D eigenvalue weighted by Gasteiger charge is -2.35. The summed E-state index contributed by atoms with van der Waals surface area (Å²) in [6, 6.07) is 19.9. The maximum absolute atomic E-state index is 13.2. The number of benzene rings is 3. The Morgan fingerprint density at radius 2 is 1.54 bits per heavy atom. The second-order valence-electron chi connectivity index (χ2n) is 7.99. The Morgan fingerprint density at radius 1 is 0.886 bits per heavy atom. The van der Waals surface area contributed by atoms with E-state index in [0.717, 1.165) is 5.69 Å². The molecule has 1 amide bonds. The molecule has 35 heavy (non-hydrogen) atoms. The predicted octanol–water partition coefficient (Wildman–Crippen LogP) is 2.72. The van der Waals surface area contributed by atoms with Crippen molar-refractivity contribution < 1.29 is 27.1 Å². The zero-order valence-electron chi connectivity index (χ0n) is 18.7. The quantitative estimate of drug-likeness (QED) is 0.503. The van der Waals surface area contributed by atoms with Gasteiger partial charge in [0.1, 0.15) is 5.82 Å². The number of ether oxygens (including phenoxy) is 1. The lowest BCUT2D eigenvalue weighted by atomic mass is 10.1. The number of anilines is 1. The third kappa shape index (κ3) is 5.50. The summed E-state index contributed by atoms with van der Waals surface area (Å²) in [5.41, 5.74) is 6.62. The van der Waals surface area contributed by atoms with Crippen LogP contribution in [0.4, 0.5) is 10.1 Å². The summed E-state index contributed by atoms with van der Waals surface area (Å²) in [5.74, 6) is -2.04. The zero-order valence-corrected chi connectivity index (χ0v) is 19.5. The molecule has 10 heteroatoms. The first-order valence-electron chi connectivity index (χ1n) is 10.9. The molecule has 4 rings (SSSR count). The first-order chi connectivity index (χ1) is 16.8. The molecular formula is C25H24FN3O5S. The normalized spacial score (nSPS) is 15.4. The number of rotatable bonds is 7. The standard InChI is InChI=1S/C25H24FN3O5S/c26-20-9-11-21(12-10-20)28-13-15-29(16-14-28)35(32,33)22-8-4-7-19(17-22)25(31)34-23(24(27)30)18-5-2-1-3-6-18/h1-12,17,23H,13-16H2,(H2,27,30)/t23-/m1/s1. The van der Waals surface area contributed by atoms with Gasteiger partial charge in [0.25, 0.3) is 5.91 Å². The number of halogens is 1. The van der Waals surface area contributed by atoms with Gasteiger partial charge in [-0.2, -0.15) is 4.31 Å². The summed E-state index contributed by atoms with van der Waals surface area (Å²) < 4.78 is 46.3. The molecule has 0 aliphatic carbocycles.